The lowest BCUT2D eigenvalue weighted by Gasteiger charge is -2.09. The van der Waals surface area contributed by atoms with Crippen molar-refractivity contribution < 1.29 is 4.42 Å². The molecule has 5 rings (SSSR count). The minimum atomic E-state index is 0.666. The lowest BCUT2D eigenvalue weighted by molar-refractivity contribution is 0.569. The molecule has 0 fully saturated rings. The van der Waals surface area contributed by atoms with Gasteiger partial charge >= 0.3 is 0 Å². The van der Waals surface area contributed by atoms with Gasteiger partial charge in [-0.25, -0.2) is 4.98 Å². The van der Waals surface area contributed by atoms with Gasteiger partial charge in [-0.3, -0.25) is 4.57 Å². The minimum Gasteiger partial charge on any atom is -0.461 e. The molecule has 0 unspecified atom stereocenters. The third-order valence-corrected chi connectivity index (χ3v) is 6.83. The second-order valence-corrected chi connectivity index (χ2v) is 9.03. The maximum absolute atomic E-state index is 5.99. The SMILES string of the molecule is Clc1ccc(-c2nc(CSc3nnc(-c4ccco4)n3Cc3ccccc3)cs2)cc1. The highest BCUT2D eigenvalue weighted by atomic mass is 35.5. The van der Waals surface area contributed by atoms with Crippen LogP contribution in [0.4, 0.5) is 0 Å². The zero-order valence-electron chi connectivity index (χ0n) is 16.3. The van der Waals surface area contributed by atoms with Crippen molar-refractivity contribution in [2.24, 2.45) is 0 Å². The van der Waals surface area contributed by atoms with E-state index >= 15 is 0 Å². The maximum Gasteiger partial charge on any atom is 0.200 e. The van der Waals surface area contributed by atoms with Crippen LogP contribution in [0.2, 0.25) is 5.02 Å². The molecule has 3 heterocycles. The van der Waals surface area contributed by atoms with E-state index in [4.69, 9.17) is 21.0 Å². The highest BCUT2D eigenvalue weighted by Gasteiger charge is 2.17. The summed E-state index contributed by atoms with van der Waals surface area (Å²) in [4.78, 5) is 4.77. The van der Waals surface area contributed by atoms with E-state index in [9.17, 15) is 0 Å². The Morgan fingerprint density at radius 2 is 1.81 bits per heavy atom. The molecule has 0 spiro atoms. The van der Waals surface area contributed by atoms with Gasteiger partial charge in [-0.15, -0.1) is 21.5 Å². The number of hydrogen-bond acceptors (Lipinski definition) is 6. The Labute approximate surface area is 192 Å². The molecule has 0 saturated heterocycles. The van der Waals surface area contributed by atoms with Crippen LogP contribution in [0.15, 0.2) is 87.9 Å². The predicted octanol–water partition coefficient (Wildman–Crippen LogP) is 6.66. The zero-order chi connectivity index (χ0) is 21.0. The molecule has 0 N–H and O–H groups in total. The number of aromatic nitrogens is 4. The van der Waals surface area contributed by atoms with Crippen LogP contribution < -0.4 is 0 Å². The van der Waals surface area contributed by atoms with E-state index < -0.39 is 0 Å². The summed E-state index contributed by atoms with van der Waals surface area (Å²) >= 11 is 9.24. The molecule has 154 valence electrons. The largest absolute Gasteiger partial charge is 0.461 e. The Kier molecular flexibility index (Phi) is 5.88. The molecule has 0 bridgehead atoms. The molecule has 5 aromatic rings. The van der Waals surface area contributed by atoms with Gasteiger partial charge in [0.2, 0.25) is 5.82 Å². The lowest BCUT2D eigenvalue weighted by Crippen LogP contribution is -2.04. The Balaban J connectivity index is 1.37. The Morgan fingerprint density at radius 1 is 0.968 bits per heavy atom. The van der Waals surface area contributed by atoms with Crippen molar-refractivity contribution in [2.45, 2.75) is 17.5 Å². The first kappa shape index (κ1) is 20.1. The Morgan fingerprint density at radius 3 is 2.58 bits per heavy atom. The Bertz CT molecular complexity index is 1260. The van der Waals surface area contributed by atoms with Gasteiger partial charge < -0.3 is 4.42 Å². The molecule has 0 aliphatic rings. The second kappa shape index (κ2) is 9.09. The average molecular weight is 465 g/mol. The van der Waals surface area contributed by atoms with Crippen LogP contribution in [0.3, 0.4) is 0 Å². The number of benzene rings is 2. The van der Waals surface area contributed by atoms with Crippen LogP contribution in [0.1, 0.15) is 11.3 Å². The predicted molar refractivity (Wildman–Crippen MR) is 125 cm³/mol. The fraction of sp³-hybridized carbons (Fsp3) is 0.0870. The average Bonchev–Trinajstić information content (AvgIpc) is 3.55. The lowest BCUT2D eigenvalue weighted by atomic mass is 10.2. The maximum atomic E-state index is 5.99. The molecule has 5 nitrogen and oxygen atoms in total. The van der Waals surface area contributed by atoms with Crippen LogP contribution in [-0.2, 0) is 12.3 Å². The van der Waals surface area contributed by atoms with Crippen LogP contribution in [0.5, 0.6) is 0 Å². The fourth-order valence-corrected chi connectivity index (χ4v) is 5.02. The standard InChI is InChI=1S/C23H17ClN4OS2/c24-18-10-8-17(9-11-18)22-25-19(14-30-22)15-31-23-27-26-21(20-7-4-12-29-20)28(23)13-16-5-2-1-3-6-16/h1-12,14H,13,15H2. The first-order valence-corrected chi connectivity index (χ1v) is 11.8. The molecule has 0 atom stereocenters. The molecule has 2 aromatic carbocycles. The number of furan rings is 1. The van der Waals surface area contributed by atoms with Crippen LogP contribution in [-0.4, -0.2) is 19.7 Å². The minimum absolute atomic E-state index is 0.666. The molecule has 0 aliphatic carbocycles. The normalized spacial score (nSPS) is 11.1. The van der Waals surface area contributed by atoms with Gasteiger partial charge in [0.15, 0.2) is 10.9 Å². The molecule has 0 aliphatic heterocycles. The van der Waals surface area contributed by atoms with Gasteiger partial charge in [-0.2, -0.15) is 0 Å². The summed E-state index contributed by atoms with van der Waals surface area (Å²) in [5.41, 5.74) is 3.25. The second-order valence-electron chi connectivity index (χ2n) is 6.79. The summed E-state index contributed by atoms with van der Waals surface area (Å²) < 4.78 is 7.67. The molecular weight excluding hydrogens is 448 g/mol. The van der Waals surface area contributed by atoms with Gasteiger partial charge in [-0.05, 0) is 29.8 Å². The van der Waals surface area contributed by atoms with Crippen LogP contribution >= 0.6 is 34.7 Å². The van der Waals surface area contributed by atoms with Gasteiger partial charge in [-0.1, -0.05) is 65.8 Å². The fourth-order valence-electron chi connectivity index (χ4n) is 3.13. The highest BCUT2D eigenvalue weighted by Crippen LogP contribution is 2.30. The number of thiazole rings is 1. The van der Waals surface area contributed by atoms with Crippen molar-refractivity contribution in [3.8, 4) is 22.2 Å². The van der Waals surface area contributed by atoms with E-state index in [2.05, 4.69) is 32.3 Å². The summed E-state index contributed by atoms with van der Waals surface area (Å²) in [6.07, 6.45) is 1.65. The first-order valence-electron chi connectivity index (χ1n) is 9.60. The van der Waals surface area contributed by atoms with Gasteiger partial charge in [0, 0.05) is 21.7 Å². The molecule has 0 amide bonds. The van der Waals surface area contributed by atoms with E-state index in [1.807, 2.05) is 54.6 Å². The third kappa shape index (κ3) is 4.58. The summed E-state index contributed by atoms with van der Waals surface area (Å²) in [6, 6.07) is 21.8. The third-order valence-electron chi connectivity index (χ3n) is 4.63. The quantitative estimate of drug-likeness (QED) is 0.252. The molecule has 0 saturated carbocycles. The van der Waals surface area contributed by atoms with Crippen molar-refractivity contribution in [3.63, 3.8) is 0 Å². The summed E-state index contributed by atoms with van der Waals surface area (Å²) in [5.74, 6) is 2.13. The smallest absolute Gasteiger partial charge is 0.200 e. The number of rotatable bonds is 7. The van der Waals surface area contributed by atoms with E-state index in [1.165, 1.54) is 5.56 Å². The summed E-state index contributed by atoms with van der Waals surface area (Å²) in [7, 11) is 0. The van der Waals surface area contributed by atoms with E-state index in [0.29, 0.717) is 18.1 Å². The van der Waals surface area contributed by atoms with E-state index in [-0.39, 0.29) is 0 Å². The highest BCUT2D eigenvalue weighted by molar-refractivity contribution is 7.98. The topological polar surface area (TPSA) is 56.7 Å². The van der Waals surface area contributed by atoms with Crippen molar-refractivity contribution in [2.75, 3.05) is 0 Å². The van der Waals surface area contributed by atoms with E-state index in [0.717, 1.165) is 32.3 Å². The number of thioether (sulfide) groups is 1. The number of halogens is 1. The van der Waals surface area contributed by atoms with Crippen molar-refractivity contribution in [1.29, 1.82) is 0 Å². The van der Waals surface area contributed by atoms with Crippen molar-refractivity contribution in [1.82, 2.24) is 19.7 Å². The molecular formula is C23H17ClN4OS2. The summed E-state index contributed by atoms with van der Waals surface area (Å²) in [6.45, 7) is 0.666. The molecule has 3 aromatic heterocycles. The van der Waals surface area contributed by atoms with Gasteiger partial charge in [0.05, 0.1) is 18.5 Å². The number of nitrogens with zero attached hydrogens (tertiary/aromatic N) is 4. The molecule has 8 heteroatoms. The van der Waals surface area contributed by atoms with Crippen molar-refractivity contribution >= 4 is 34.7 Å². The van der Waals surface area contributed by atoms with Crippen molar-refractivity contribution in [3.05, 3.63) is 94.7 Å². The molecule has 31 heavy (non-hydrogen) atoms. The zero-order valence-corrected chi connectivity index (χ0v) is 18.7. The Hall–Kier alpha value is -2.87. The summed E-state index contributed by atoms with van der Waals surface area (Å²) in [5, 5.41) is 13.5. The van der Waals surface area contributed by atoms with Crippen LogP contribution in [0.25, 0.3) is 22.2 Å². The van der Waals surface area contributed by atoms with Crippen LogP contribution in [0, 0.1) is 0 Å². The van der Waals surface area contributed by atoms with Gasteiger partial charge in [0.1, 0.15) is 5.01 Å². The van der Waals surface area contributed by atoms with E-state index in [1.54, 1.807) is 29.4 Å². The number of hydrogen-bond donors (Lipinski definition) is 0. The molecule has 0 radical (unpaired) electrons. The monoisotopic (exact) mass is 464 g/mol. The first-order chi connectivity index (χ1) is 15.3. The van der Waals surface area contributed by atoms with Gasteiger partial charge in [0.25, 0.3) is 0 Å².